The van der Waals surface area contributed by atoms with Crippen LogP contribution in [-0.2, 0) is 26.1 Å². The summed E-state index contributed by atoms with van der Waals surface area (Å²) in [4.78, 5) is 16.3. The molecule has 0 aromatic heterocycles. The molecule has 1 aliphatic heterocycles. The monoisotopic (exact) mass is 325 g/mol. The Morgan fingerprint density at radius 3 is 2.50 bits per heavy atom. The van der Waals surface area contributed by atoms with Gasteiger partial charge in [0.05, 0.1) is 24.5 Å². The summed E-state index contributed by atoms with van der Waals surface area (Å²) in [5.74, 6) is -0.996. The predicted molar refractivity (Wildman–Crippen MR) is 81.0 cm³/mol. The number of rotatable bonds is 4. The molecule has 120 valence electrons. The SMILES string of the molecule is C=C1CON(S(=O)(=O)c2c(C)cc(C)c(CC(=O)O)c2C)C1. The molecule has 0 atom stereocenters. The molecule has 6 nitrogen and oxygen atoms in total. The molecule has 0 amide bonds. The Morgan fingerprint density at radius 1 is 1.36 bits per heavy atom. The summed E-state index contributed by atoms with van der Waals surface area (Å²) in [5, 5.41) is 9.03. The number of hydroxylamine groups is 1. The van der Waals surface area contributed by atoms with Crippen LogP contribution in [0.25, 0.3) is 0 Å². The topological polar surface area (TPSA) is 83.9 Å². The Hall–Kier alpha value is -1.70. The highest BCUT2D eigenvalue weighted by Crippen LogP contribution is 2.31. The quantitative estimate of drug-likeness (QED) is 0.852. The first-order chi connectivity index (χ1) is 10.1. The van der Waals surface area contributed by atoms with Gasteiger partial charge in [-0.3, -0.25) is 9.63 Å². The Morgan fingerprint density at radius 2 is 2.00 bits per heavy atom. The van der Waals surface area contributed by atoms with Crippen LogP contribution in [0, 0.1) is 20.8 Å². The molecule has 1 heterocycles. The van der Waals surface area contributed by atoms with Crippen LogP contribution < -0.4 is 0 Å². The molecule has 0 bridgehead atoms. The third-order valence-electron chi connectivity index (χ3n) is 3.68. The molecule has 2 rings (SSSR count). The summed E-state index contributed by atoms with van der Waals surface area (Å²) in [6.07, 6.45) is -0.214. The summed E-state index contributed by atoms with van der Waals surface area (Å²) >= 11 is 0. The van der Waals surface area contributed by atoms with E-state index in [1.54, 1.807) is 26.8 Å². The van der Waals surface area contributed by atoms with Crippen molar-refractivity contribution in [3.8, 4) is 0 Å². The molecule has 0 saturated carbocycles. The van der Waals surface area contributed by atoms with Gasteiger partial charge in [-0.1, -0.05) is 17.1 Å². The van der Waals surface area contributed by atoms with Crippen LogP contribution in [-0.4, -0.2) is 37.1 Å². The van der Waals surface area contributed by atoms with E-state index in [1.807, 2.05) is 0 Å². The van der Waals surface area contributed by atoms with Crippen LogP contribution in [0.4, 0.5) is 0 Å². The van der Waals surface area contributed by atoms with Gasteiger partial charge in [-0.2, -0.15) is 0 Å². The predicted octanol–water partition coefficient (Wildman–Crippen LogP) is 1.73. The first kappa shape index (κ1) is 16.7. The van der Waals surface area contributed by atoms with E-state index in [1.165, 1.54) is 0 Å². The Kier molecular flexibility index (Phi) is 4.42. The van der Waals surface area contributed by atoms with E-state index >= 15 is 0 Å². The molecule has 0 radical (unpaired) electrons. The summed E-state index contributed by atoms with van der Waals surface area (Å²) in [5.41, 5.74) is 3.00. The molecule has 1 fully saturated rings. The van der Waals surface area contributed by atoms with E-state index in [2.05, 4.69) is 6.58 Å². The van der Waals surface area contributed by atoms with Crippen molar-refractivity contribution in [3.63, 3.8) is 0 Å². The maximum atomic E-state index is 12.8. The molecule has 1 saturated heterocycles. The van der Waals surface area contributed by atoms with Crippen molar-refractivity contribution in [1.29, 1.82) is 0 Å². The lowest BCUT2D eigenvalue weighted by molar-refractivity contribution is -0.136. The molecule has 22 heavy (non-hydrogen) atoms. The number of carboxylic acids is 1. The molecule has 1 aliphatic rings. The highest BCUT2D eigenvalue weighted by molar-refractivity contribution is 7.89. The number of nitrogens with zero attached hydrogens (tertiary/aromatic N) is 1. The van der Waals surface area contributed by atoms with E-state index in [0.717, 1.165) is 10.0 Å². The zero-order valence-electron chi connectivity index (χ0n) is 12.8. The van der Waals surface area contributed by atoms with E-state index in [4.69, 9.17) is 9.94 Å². The Labute approximate surface area is 130 Å². The van der Waals surface area contributed by atoms with Gasteiger partial charge in [-0.15, -0.1) is 0 Å². The van der Waals surface area contributed by atoms with Crippen molar-refractivity contribution in [2.75, 3.05) is 13.2 Å². The molecule has 1 aromatic rings. The number of sulfonamides is 1. The number of carboxylic acid groups (broad SMARTS) is 1. The molecule has 7 heteroatoms. The lowest BCUT2D eigenvalue weighted by Crippen LogP contribution is -2.28. The highest BCUT2D eigenvalue weighted by atomic mass is 32.2. The molecule has 0 spiro atoms. The van der Waals surface area contributed by atoms with Gasteiger partial charge in [-0.05, 0) is 48.6 Å². The van der Waals surface area contributed by atoms with Crippen molar-refractivity contribution >= 4 is 16.0 Å². The average Bonchev–Trinajstić information content (AvgIpc) is 2.81. The maximum Gasteiger partial charge on any atom is 0.307 e. The fourth-order valence-electron chi connectivity index (χ4n) is 2.72. The highest BCUT2D eigenvalue weighted by Gasteiger charge is 2.33. The fraction of sp³-hybridized carbons (Fsp3) is 0.400. The second kappa shape index (κ2) is 5.83. The lowest BCUT2D eigenvalue weighted by atomic mass is 9.97. The smallest absolute Gasteiger partial charge is 0.307 e. The van der Waals surface area contributed by atoms with Gasteiger partial charge >= 0.3 is 5.97 Å². The minimum atomic E-state index is -3.85. The van der Waals surface area contributed by atoms with E-state index in [-0.39, 0.29) is 24.5 Å². The van der Waals surface area contributed by atoms with Crippen molar-refractivity contribution in [3.05, 3.63) is 40.5 Å². The third-order valence-corrected chi connectivity index (χ3v) is 5.59. The number of hydrogen-bond acceptors (Lipinski definition) is 4. The van der Waals surface area contributed by atoms with E-state index in [0.29, 0.717) is 22.3 Å². The molecule has 0 unspecified atom stereocenters. The van der Waals surface area contributed by atoms with E-state index < -0.39 is 16.0 Å². The van der Waals surface area contributed by atoms with Gasteiger partial charge in [0.2, 0.25) is 0 Å². The van der Waals surface area contributed by atoms with Gasteiger partial charge in [0, 0.05) is 0 Å². The van der Waals surface area contributed by atoms with Crippen LogP contribution in [0.5, 0.6) is 0 Å². The molecule has 0 aliphatic carbocycles. The number of aliphatic carboxylic acids is 1. The minimum absolute atomic E-state index is 0.114. The molecular formula is C15H19NO5S. The number of carbonyl (C=O) groups is 1. The maximum absolute atomic E-state index is 12.8. The lowest BCUT2D eigenvalue weighted by Gasteiger charge is -2.20. The second-order valence-electron chi connectivity index (χ2n) is 5.50. The van der Waals surface area contributed by atoms with Gasteiger partial charge in [0.1, 0.15) is 0 Å². The standard InChI is InChI=1S/C15H19NO5S/c1-9-7-16(21-8-9)22(19,20)15-11(3)5-10(2)13(12(15)4)6-14(17)18/h5H,1,6-8H2,2-4H3,(H,17,18). The first-order valence-corrected chi connectivity index (χ1v) is 8.22. The summed E-state index contributed by atoms with van der Waals surface area (Å²) in [7, 11) is -3.85. The molecule has 1 aromatic carbocycles. The minimum Gasteiger partial charge on any atom is -0.481 e. The van der Waals surface area contributed by atoms with Crippen LogP contribution in [0.15, 0.2) is 23.1 Å². The van der Waals surface area contributed by atoms with Gasteiger partial charge in [-0.25, -0.2) is 8.42 Å². The number of benzene rings is 1. The number of hydrogen-bond donors (Lipinski definition) is 1. The van der Waals surface area contributed by atoms with Gasteiger partial charge < -0.3 is 5.11 Å². The van der Waals surface area contributed by atoms with Crippen LogP contribution in [0.3, 0.4) is 0 Å². The largest absolute Gasteiger partial charge is 0.481 e. The van der Waals surface area contributed by atoms with Gasteiger partial charge in [0.15, 0.2) is 0 Å². The zero-order chi connectivity index (χ0) is 16.7. The van der Waals surface area contributed by atoms with Crippen LogP contribution in [0.2, 0.25) is 0 Å². The first-order valence-electron chi connectivity index (χ1n) is 6.78. The zero-order valence-corrected chi connectivity index (χ0v) is 13.7. The van der Waals surface area contributed by atoms with Crippen molar-refractivity contribution in [2.24, 2.45) is 0 Å². The van der Waals surface area contributed by atoms with E-state index in [9.17, 15) is 13.2 Å². The summed E-state index contributed by atoms with van der Waals surface area (Å²) in [6, 6.07) is 1.70. The Bertz CT molecular complexity index is 752. The number of aryl methyl sites for hydroxylation is 2. The summed E-state index contributed by atoms with van der Waals surface area (Å²) in [6.45, 7) is 9.12. The van der Waals surface area contributed by atoms with Crippen molar-refractivity contribution in [1.82, 2.24) is 4.47 Å². The molecular weight excluding hydrogens is 306 g/mol. The fourth-order valence-corrected chi connectivity index (χ4v) is 4.44. The second-order valence-corrected chi connectivity index (χ2v) is 7.27. The third kappa shape index (κ3) is 2.92. The summed E-state index contributed by atoms with van der Waals surface area (Å²) < 4.78 is 26.5. The normalized spacial score (nSPS) is 16.2. The Balaban J connectivity index is 2.59. The van der Waals surface area contributed by atoms with Gasteiger partial charge in [0.25, 0.3) is 10.0 Å². The van der Waals surface area contributed by atoms with Crippen LogP contribution >= 0.6 is 0 Å². The van der Waals surface area contributed by atoms with Crippen molar-refractivity contribution < 1.29 is 23.2 Å². The average molecular weight is 325 g/mol. The molecule has 1 N–H and O–H groups in total. The van der Waals surface area contributed by atoms with Crippen molar-refractivity contribution in [2.45, 2.75) is 32.1 Å². The van der Waals surface area contributed by atoms with Crippen LogP contribution in [0.1, 0.15) is 22.3 Å².